The van der Waals surface area contributed by atoms with Crippen molar-refractivity contribution in [3.05, 3.63) is 29.6 Å². The lowest BCUT2D eigenvalue weighted by Gasteiger charge is -2.47. The number of benzene rings is 1. The molecular weight excluding hydrogens is 296 g/mol. The number of likely N-dealkylation sites (N-methyl/N-ethyl adjacent to an activating group) is 1. The Labute approximate surface area is 127 Å². The molecular formula is C15H18ClF2N3. The summed E-state index contributed by atoms with van der Waals surface area (Å²) >= 11 is 5.95. The Kier molecular flexibility index (Phi) is 3.66. The second-order valence-electron chi connectivity index (χ2n) is 5.95. The zero-order valence-electron chi connectivity index (χ0n) is 12.2. The molecule has 1 aliphatic carbocycles. The summed E-state index contributed by atoms with van der Waals surface area (Å²) in [7, 11) is 4.05. The van der Waals surface area contributed by atoms with Crippen LogP contribution in [0.1, 0.15) is 25.1 Å². The van der Waals surface area contributed by atoms with Crippen LogP contribution in [0.4, 0.5) is 8.78 Å². The van der Waals surface area contributed by atoms with E-state index in [4.69, 9.17) is 11.6 Å². The third kappa shape index (κ3) is 2.23. The fourth-order valence-electron chi connectivity index (χ4n) is 3.10. The fraction of sp³-hybridized carbons (Fsp3) is 0.533. The van der Waals surface area contributed by atoms with Crippen LogP contribution in [0.15, 0.2) is 12.1 Å². The van der Waals surface area contributed by atoms with E-state index in [1.165, 1.54) is 6.07 Å². The summed E-state index contributed by atoms with van der Waals surface area (Å²) in [5.74, 6) is -0.926. The van der Waals surface area contributed by atoms with Crippen LogP contribution in [0.3, 0.4) is 0 Å². The minimum atomic E-state index is -0.850. The van der Waals surface area contributed by atoms with Crippen LogP contribution in [0.5, 0.6) is 0 Å². The van der Waals surface area contributed by atoms with Crippen molar-refractivity contribution in [1.82, 2.24) is 14.5 Å². The summed E-state index contributed by atoms with van der Waals surface area (Å²) in [5.41, 5.74) is 0.657. The Hall–Kier alpha value is -1.20. The SMILES string of the molecule is CN(C)C1(Cn2c(CCl)nc3ccc(F)c(F)c32)CCC1. The van der Waals surface area contributed by atoms with E-state index in [1.54, 1.807) is 4.57 Å². The predicted octanol–water partition coefficient (Wildman–Crippen LogP) is 3.54. The first-order valence-corrected chi connectivity index (χ1v) is 7.58. The van der Waals surface area contributed by atoms with Crippen molar-refractivity contribution in [2.24, 2.45) is 0 Å². The molecule has 114 valence electrons. The number of hydrogen-bond donors (Lipinski definition) is 0. The number of alkyl halides is 1. The Morgan fingerprint density at radius 3 is 2.57 bits per heavy atom. The van der Waals surface area contributed by atoms with Crippen molar-refractivity contribution < 1.29 is 8.78 Å². The van der Waals surface area contributed by atoms with Crippen LogP contribution in [0.25, 0.3) is 11.0 Å². The number of hydrogen-bond acceptors (Lipinski definition) is 2. The van der Waals surface area contributed by atoms with Crippen molar-refractivity contribution in [2.75, 3.05) is 14.1 Å². The Morgan fingerprint density at radius 1 is 1.33 bits per heavy atom. The summed E-state index contributed by atoms with van der Waals surface area (Å²) < 4.78 is 29.5. The highest BCUT2D eigenvalue weighted by molar-refractivity contribution is 6.16. The maximum Gasteiger partial charge on any atom is 0.184 e. The molecule has 0 bridgehead atoms. The van der Waals surface area contributed by atoms with Gasteiger partial charge in [-0.3, -0.25) is 0 Å². The number of imidazole rings is 1. The van der Waals surface area contributed by atoms with Crippen LogP contribution in [-0.4, -0.2) is 34.1 Å². The van der Waals surface area contributed by atoms with E-state index >= 15 is 0 Å². The summed E-state index contributed by atoms with van der Waals surface area (Å²) in [6.45, 7) is 0.582. The molecule has 0 unspecified atom stereocenters. The van der Waals surface area contributed by atoms with Crippen LogP contribution < -0.4 is 0 Å². The van der Waals surface area contributed by atoms with Crippen LogP contribution >= 0.6 is 11.6 Å². The molecule has 1 heterocycles. The molecule has 1 aliphatic rings. The van der Waals surface area contributed by atoms with E-state index in [0.29, 0.717) is 17.9 Å². The topological polar surface area (TPSA) is 21.1 Å². The number of rotatable bonds is 4. The highest BCUT2D eigenvalue weighted by Gasteiger charge is 2.40. The Bertz CT molecular complexity index is 677. The van der Waals surface area contributed by atoms with Crippen molar-refractivity contribution in [2.45, 2.75) is 37.2 Å². The molecule has 0 aliphatic heterocycles. The molecule has 1 aromatic heterocycles. The van der Waals surface area contributed by atoms with Crippen LogP contribution in [0.2, 0.25) is 0 Å². The standard InChI is InChI=1S/C15H18ClF2N3/c1-20(2)15(6-3-7-15)9-21-12(8-16)19-11-5-4-10(17)13(18)14(11)21/h4-5H,3,6-9H2,1-2H3. The second kappa shape index (κ2) is 5.21. The van der Waals surface area contributed by atoms with Gasteiger partial charge in [-0.25, -0.2) is 13.8 Å². The molecule has 3 rings (SSSR count). The van der Waals surface area contributed by atoms with Gasteiger partial charge in [-0.05, 0) is 45.5 Å². The molecule has 0 atom stereocenters. The summed E-state index contributed by atoms with van der Waals surface area (Å²) in [6, 6.07) is 2.61. The second-order valence-corrected chi connectivity index (χ2v) is 6.22. The summed E-state index contributed by atoms with van der Waals surface area (Å²) in [6.07, 6.45) is 3.23. The van der Waals surface area contributed by atoms with E-state index in [2.05, 4.69) is 9.88 Å². The van der Waals surface area contributed by atoms with Gasteiger partial charge in [-0.2, -0.15) is 0 Å². The number of halogens is 3. The summed E-state index contributed by atoms with van der Waals surface area (Å²) in [4.78, 5) is 6.51. The van der Waals surface area contributed by atoms with Gasteiger partial charge in [-0.1, -0.05) is 0 Å². The molecule has 1 saturated carbocycles. The van der Waals surface area contributed by atoms with Crippen molar-refractivity contribution in [3.8, 4) is 0 Å². The highest BCUT2D eigenvalue weighted by Crippen LogP contribution is 2.39. The zero-order valence-corrected chi connectivity index (χ0v) is 12.9. The third-order valence-corrected chi connectivity index (χ3v) is 4.92. The molecule has 21 heavy (non-hydrogen) atoms. The summed E-state index contributed by atoms with van der Waals surface area (Å²) in [5, 5.41) is 0. The lowest BCUT2D eigenvalue weighted by atomic mass is 9.75. The van der Waals surface area contributed by atoms with Crippen molar-refractivity contribution in [3.63, 3.8) is 0 Å². The maximum absolute atomic E-state index is 14.2. The molecule has 0 radical (unpaired) electrons. The average molecular weight is 314 g/mol. The normalized spacial score (nSPS) is 17.4. The van der Waals surface area contributed by atoms with Crippen molar-refractivity contribution in [1.29, 1.82) is 0 Å². The average Bonchev–Trinajstić information content (AvgIpc) is 2.76. The number of nitrogens with zero attached hydrogens (tertiary/aromatic N) is 3. The van der Waals surface area contributed by atoms with Gasteiger partial charge < -0.3 is 9.47 Å². The molecule has 1 aromatic carbocycles. The zero-order chi connectivity index (χ0) is 15.2. The van der Waals surface area contributed by atoms with Gasteiger partial charge in [0.25, 0.3) is 0 Å². The molecule has 6 heteroatoms. The maximum atomic E-state index is 14.2. The van der Waals surface area contributed by atoms with Crippen LogP contribution in [0, 0.1) is 11.6 Å². The monoisotopic (exact) mass is 313 g/mol. The smallest absolute Gasteiger partial charge is 0.184 e. The van der Waals surface area contributed by atoms with Gasteiger partial charge in [0, 0.05) is 12.1 Å². The Balaban J connectivity index is 2.14. The number of fused-ring (bicyclic) bond motifs is 1. The first-order chi connectivity index (χ1) is 9.98. The molecule has 3 nitrogen and oxygen atoms in total. The lowest BCUT2D eigenvalue weighted by Crippen LogP contribution is -2.53. The molecule has 1 fully saturated rings. The van der Waals surface area contributed by atoms with E-state index < -0.39 is 11.6 Å². The molecule has 0 saturated heterocycles. The van der Waals surface area contributed by atoms with Gasteiger partial charge in [0.1, 0.15) is 11.3 Å². The minimum Gasteiger partial charge on any atom is -0.323 e. The van der Waals surface area contributed by atoms with E-state index in [1.807, 2.05) is 14.1 Å². The number of aromatic nitrogens is 2. The minimum absolute atomic E-state index is 0.0206. The predicted molar refractivity (Wildman–Crippen MR) is 79.5 cm³/mol. The largest absolute Gasteiger partial charge is 0.323 e. The van der Waals surface area contributed by atoms with E-state index in [0.717, 1.165) is 25.3 Å². The first-order valence-electron chi connectivity index (χ1n) is 7.05. The van der Waals surface area contributed by atoms with Gasteiger partial charge in [0.15, 0.2) is 11.6 Å². The van der Waals surface area contributed by atoms with E-state index in [9.17, 15) is 8.78 Å². The first kappa shape index (κ1) is 14.7. The van der Waals surface area contributed by atoms with Gasteiger partial charge in [0.2, 0.25) is 0 Å². The molecule has 0 N–H and O–H groups in total. The van der Waals surface area contributed by atoms with Gasteiger partial charge in [0.05, 0.1) is 11.4 Å². The molecule has 0 amide bonds. The molecule has 2 aromatic rings. The van der Waals surface area contributed by atoms with Gasteiger partial charge in [-0.15, -0.1) is 11.6 Å². The third-order valence-electron chi connectivity index (χ3n) is 4.68. The Morgan fingerprint density at radius 2 is 2.05 bits per heavy atom. The lowest BCUT2D eigenvalue weighted by molar-refractivity contribution is 0.0427. The fourth-order valence-corrected chi connectivity index (χ4v) is 3.31. The van der Waals surface area contributed by atoms with Crippen molar-refractivity contribution >= 4 is 22.6 Å². The van der Waals surface area contributed by atoms with E-state index in [-0.39, 0.29) is 16.9 Å². The van der Waals surface area contributed by atoms with Gasteiger partial charge >= 0.3 is 0 Å². The molecule has 0 spiro atoms. The van der Waals surface area contributed by atoms with Crippen LogP contribution in [-0.2, 0) is 12.4 Å². The highest BCUT2D eigenvalue weighted by atomic mass is 35.5. The quantitative estimate of drug-likeness (QED) is 0.805.